The summed E-state index contributed by atoms with van der Waals surface area (Å²) in [4.78, 5) is 14.9. The molecule has 1 N–H and O–H groups in total. The Kier molecular flexibility index (Phi) is 11.7. The standard InChI is InChI=1S/C16H28N2O3.Na/c1-13(2)9-7-5-3-4-6-8-10-14(16(20)21)18-12-17-11-15(18)19;/h11-14,19H,3-10H2,1-2H3,(H,20,21);/q;+1/p-1. The predicted molar refractivity (Wildman–Crippen MR) is 79.7 cm³/mol. The minimum Gasteiger partial charge on any atom is -0.548 e. The van der Waals surface area contributed by atoms with Gasteiger partial charge in [-0.15, -0.1) is 0 Å². The van der Waals surface area contributed by atoms with Crippen LogP contribution in [0.1, 0.15) is 71.3 Å². The van der Waals surface area contributed by atoms with Crippen molar-refractivity contribution in [1.29, 1.82) is 0 Å². The SMILES string of the molecule is CC(C)CCCCCCCCC(C(=O)[O-])n1cncc1O.[Na+]. The number of aromatic nitrogens is 2. The number of carboxylic acid groups (broad SMARTS) is 1. The van der Waals surface area contributed by atoms with Crippen molar-refractivity contribution in [2.24, 2.45) is 5.92 Å². The van der Waals surface area contributed by atoms with Gasteiger partial charge in [-0.05, 0) is 12.3 Å². The van der Waals surface area contributed by atoms with Gasteiger partial charge in [-0.25, -0.2) is 4.98 Å². The van der Waals surface area contributed by atoms with Crippen LogP contribution in [0.4, 0.5) is 0 Å². The monoisotopic (exact) mass is 318 g/mol. The maximum Gasteiger partial charge on any atom is 1.00 e. The molecule has 0 fully saturated rings. The molecule has 1 atom stereocenters. The van der Waals surface area contributed by atoms with Gasteiger partial charge in [0.05, 0.1) is 24.5 Å². The second-order valence-corrected chi connectivity index (χ2v) is 6.09. The van der Waals surface area contributed by atoms with E-state index in [1.165, 1.54) is 42.8 Å². The van der Waals surface area contributed by atoms with Gasteiger partial charge >= 0.3 is 29.6 Å². The van der Waals surface area contributed by atoms with E-state index in [4.69, 9.17) is 0 Å². The molecule has 0 bridgehead atoms. The molecule has 1 heterocycles. The van der Waals surface area contributed by atoms with Crippen LogP contribution in [0.15, 0.2) is 12.5 Å². The van der Waals surface area contributed by atoms with E-state index >= 15 is 0 Å². The Morgan fingerprint density at radius 1 is 1.18 bits per heavy atom. The summed E-state index contributed by atoms with van der Waals surface area (Å²) in [5.41, 5.74) is 0. The first-order chi connectivity index (χ1) is 10.0. The van der Waals surface area contributed by atoms with Gasteiger partial charge < -0.3 is 15.0 Å². The van der Waals surface area contributed by atoms with Gasteiger partial charge in [0.1, 0.15) is 0 Å². The largest absolute Gasteiger partial charge is 1.00 e. The van der Waals surface area contributed by atoms with E-state index in [1.807, 2.05) is 0 Å². The second kappa shape index (κ2) is 12.0. The molecule has 0 amide bonds. The van der Waals surface area contributed by atoms with E-state index in [-0.39, 0.29) is 35.4 Å². The van der Waals surface area contributed by atoms with Crippen molar-refractivity contribution in [2.75, 3.05) is 0 Å². The molecule has 0 saturated heterocycles. The zero-order valence-electron chi connectivity index (χ0n) is 14.1. The van der Waals surface area contributed by atoms with Crippen LogP contribution in [0.3, 0.4) is 0 Å². The van der Waals surface area contributed by atoms with E-state index in [1.54, 1.807) is 0 Å². The summed E-state index contributed by atoms with van der Waals surface area (Å²) in [5, 5.41) is 20.7. The molecule has 22 heavy (non-hydrogen) atoms. The first kappa shape index (κ1) is 21.5. The average Bonchev–Trinajstić information content (AvgIpc) is 2.82. The Morgan fingerprint density at radius 2 is 1.73 bits per heavy atom. The summed E-state index contributed by atoms with van der Waals surface area (Å²) in [6, 6.07) is -0.826. The fourth-order valence-electron chi connectivity index (χ4n) is 2.51. The molecule has 0 saturated carbocycles. The molecule has 5 nitrogen and oxygen atoms in total. The topological polar surface area (TPSA) is 78.2 Å². The smallest absolute Gasteiger partial charge is 0.548 e. The van der Waals surface area contributed by atoms with Crippen LogP contribution in [0.25, 0.3) is 0 Å². The summed E-state index contributed by atoms with van der Waals surface area (Å²) in [5.74, 6) is -0.519. The summed E-state index contributed by atoms with van der Waals surface area (Å²) >= 11 is 0. The number of carbonyl (C=O) groups excluding carboxylic acids is 1. The molecule has 0 radical (unpaired) electrons. The number of hydrogen-bond acceptors (Lipinski definition) is 4. The molecule has 120 valence electrons. The first-order valence-electron chi connectivity index (χ1n) is 7.94. The molecule has 1 aromatic rings. The summed E-state index contributed by atoms with van der Waals surface area (Å²) in [7, 11) is 0. The van der Waals surface area contributed by atoms with Crippen molar-refractivity contribution >= 4 is 5.97 Å². The minimum absolute atomic E-state index is 0. The van der Waals surface area contributed by atoms with Crippen molar-refractivity contribution in [3.05, 3.63) is 12.5 Å². The molecule has 1 aromatic heterocycles. The van der Waals surface area contributed by atoms with Gasteiger partial charge in [0.25, 0.3) is 0 Å². The van der Waals surface area contributed by atoms with Crippen LogP contribution < -0.4 is 34.7 Å². The van der Waals surface area contributed by atoms with Gasteiger partial charge in [-0.1, -0.05) is 58.8 Å². The summed E-state index contributed by atoms with van der Waals surface area (Å²) in [6.45, 7) is 4.48. The van der Waals surface area contributed by atoms with E-state index < -0.39 is 12.0 Å². The molecule has 0 spiro atoms. The Labute approximate surface area is 155 Å². The second-order valence-electron chi connectivity index (χ2n) is 6.09. The van der Waals surface area contributed by atoms with Crippen LogP contribution in [-0.2, 0) is 4.79 Å². The number of aliphatic carboxylic acids is 1. The average molecular weight is 318 g/mol. The molecular weight excluding hydrogens is 291 g/mol. The zero-order chi connectivity index (χ0) is 15.7. The predicted octanol–water partition coefficient (Wildman–Crippen LogP) is -0.339. The summed E-state index contributed by atoms with van der Waals surface area (Å²) in [6.07, 6.45) is 11.0. The summed E-state index contributed by atoms with van der Waals surface area (Å²) < 4.78 is 1.26. The maximum atomic E-state index is 11.1. The molecule has 0 aliphatic rings. The third kappa shape index (κ3) is 8.20. The van der Waals surface area contributed by atoms with Crippen molar-refractivity contribution < 1.29 is 44.6 Å². The molecule has 6 heteroatoms. The van der Waals surface area contributed by atoms with Crippen LogP contribution >= 0.6 is 0 Å². The Morgan fingerprint density at radius 3 is 2.18 bits per heavy atom. The van der Waals surface area contributed by atoms with Gasteiger partial charge in [-0.2, -0.15) is 0 Å². The third-order valence-corrected chi connectivity index (χ3v) is 3.76. The number of imidazole rings is 1. The number of carboxylic acids is 1. The number of nitrogens with zero attached hydrogens (tertiary/aromatic N) is 2. The molecule has 0 aromatic carbocycles. The van der Waals surface area contributed by atoms with Gasteiger partial charge in [0, 0.05) is 0 Å². The number of aromatic hydroxyl groups is 1. The molecule has 1 rings (SSSR count). The van der Waals surface area contributed by atoms with E-state index in [2.05, 4.69) is 18.8 Å². The normalized spacial score (nSPS) is 12.1. The van der Waals surface area contributed by atoms with Crippen LogP contribution in [-0.4, -0.2) is 20.6 Å². The molecule has 0 aliphatic heterocycles. The van der Waals surface area contributed by atoms with Gasteiger partial charge in [0.15, 0.2) is 0 Å². The number of carbonyl (C=O) groups is 1. The third-order valence-electron chi connectivity index (χ3n) is 3.76. The van der Waals surface area contributed by atoms with Crippen LogP contribution in [0, 0.1) is 5.92 Å². The van der Waals surface area contributed by atoms with Gasteiger partial charge in [0.2, 0.25) is 5.88 Å². The fourth-order valence-corrected chi connectivity index (χ4v) is 2.51. The fraction of sp³-hybridized carbons (Fsp3) is 0.750. The van der Waals surface area contributed by atoms with Crippen molar-refractivity contribution in [1.82, 2.24) is 9.55 Å². The number of hydrogen-bond donors (Lipinski definition) is 1. The van der Waals surface area contributed by atoms with Crippen molar-refractivity contribution in [3.63, 3.8) is 0 Å². The van der Waals surface area contributed by atoms with Crippen LogP contribution in [0.5, 0.6) is 5.88 Å². The van der Waals surface area contributed by atoms with Gasteiger partial charge in [-0.3, -0.25) is 4.57 Å². The van der Waals surface area contributed by atoms with E-state index in [0.717, 1.165) is 25.2 Å². The van der Waals surface area contributed by atoms with E-state index in [9.17, 15) is 15.0 Å². The van der Waals surface area contributed by atoms with E-state index in [0.29, 0.717) is 6.42 Å². The first-order valence-corrected chi connectivity index (χ1v) is 7.94. The zero-order valence-corrected chi connectivity index (χ0v) is 16.1. The number of rotatable bonds is 11. The molecule has 0 aliphatic carbocycles. The van der Waals surface area contributed by atoms with Crippen LogP contribution in [0.2, 0.25) is 0 Å². The maximum absolute atomic E-state index is 11.1. The molecule has 1 unspecified atom stereocenters. The number of unbranched alkanes of at least 4 members (excludes halogenated alkanes) is 5. The molecular formula is C16H27N2NaO3. The minimum atomic E-state index is -1.17. The van der Waals surface area contributed by atoms with Crippen molar-refractivity contribution in [3.8, 4) is 5.88 Å². The quantitative estimate of drug-likeness (QED) is 0.447. The Bertz CT molecular complexity index is 421. The Hall–Kier alpha value is -0.520. The van der Waals surface area contributed by atoms with Crippen molar-refractivity contribution in [2.45, 2.75) is 71.3 Å². The Balaban J connectivity index is 0.00000441.